The van der Waals surface area contributed by atoms with Gasteiger partial charge < -0.3 is 9.15 Å². The normalized spacial score (nSPS) is 11.1. The molecule has 0 aliphatic rings. The smallest absolute Gasteiger partial charge is 0.307 e. The van der Waals surface area contributed by atoms with Crippen LogP contribution in [0.2, 0.25) is 0 Å². The molecule has 1 aromatic heterocycles. The number of hydrazone groups is 1. The molecule has 7 heteroatoms. The van der Waals surface area contributed by atoms with Gasteiger partial charge in [-0.05, 0) is 80.6 Å². The molecular formula is C23H16I2N2O3. The van der Waals surface area contributed by atoms with E-state index in [9.17, 15) is 4.79 Å². The molecule has 0 aliphatic heterocycles. The van der Waals surface area contributed by atoms with Gasteiger partial charge >= 0.3 is 5.91 Å². The van der Waals surface area contributed by atoms with Crippen molar-refractivity contribution in [2.75, 3.05) is 0 Å². The molecule has 0 fully saturated rings. The van der Waals surface area contributed by atoms with Crippen LogP contribution in [0, 0.1) is 7.14 Å². The number of amides is 1. The van der Waals surface area contributed by atoms with E-state index in [0.29, 0.717) is 12.2 Å². The van der Waals surface area contributed by atoms with Crippen LogP contribution in [-0.2, 0) is 6.61 Å². The second-order valence-corrected chi connectivity index (χ2v) is 8.76. The van der Waals surface area contributed by atoms with Crippen LogP contribution in [0.5, 0.6) is 5.75 Å². The Morgan fingerprint density at radius 2 is 1.70 bits per heavy atom. The van der Waals surface area contributed by atoms with Gasteiger partial charge in [-0.1, -0.05) is 48.5 Å². The number of furan rings is 1. The lowest BCUT2D eigenvalue weighted by molar-refractivity contribution is 0.0929. The van der Waals surface area contributed by atoms with E-state index in [1.54, 1.807) is 12.3 Å². The second-order valence-electron chi connectivity index (χ2n) is 6.44. The summed E-state index contributed by atoms with van der Waals surface area (Å²) in [7, 11) is 0. The van der Waals surface area contributed by atoms with Crippen LogP contribution in [0.25, 0.3) is 11.0 Å². The van der Waals surface area contributed by atoms with Crippen molar-refractivity contribution >= 4 is 68.3 Å². The first-order chi connectivity index (χ1) is 14.6. The van der Waals surface area contributed by atoms with Crippen molar-refractivity contribution in [2.45, 2.75) is 6.61 Å². The maximum absolute atomic E-state index is 12.3. The monoisotopic (exact) mass is 622 g/mol. The Labute approximate surface area is 200 Å². The molecule has 0 atom stereocenters. The van der Waals surface area contributed by atoms with E-state index in [0.717, 1.165) is 29.4 Å². The number of halogens is 2. The van der Waals surface area contributed by atoms with E-state index >= 15 is 0 Å². The molecule has 0 radical (unpaired) electrons. The van der Waals surface area contributed by atoms with Gasteiger partial charge in [0.2, 0.25) is 0 Å². The van der Waals surface area contributed by atoms with Crippen molar-refractivity contribution in [1.29, 1.82) is 0 Å². The summed E-state index contributed by atoms with van der Waals surface area (Å²) < 4.78 is 13.5. The van der Waals surface area contributed by atoms with Crippen molar-refractivity contribution in [2.24, 2.45) is 5.10 Å². The Bertz CT molecular complexity index is 1160. The van der Waals surface area contributed by atoms with Crippen LogP contribution < -0.4 is 10.2 Å². The number of hydrogen-bond acceptors (Lipinski definition) is 4. The molecule has 0 aliphatic carbocycles. The van der Waals surface area contributed by atoms with Crippen molar-refractivity contribution in [3.63, 3.8) is 0 Å². The van der Waals surface area contributed by atoms with Gasteiger partial charge in [0.15, 0.2) is 5.76 Å². The summed E-state index contributed by atoms with van der Waals surface area (Å²) in [6, 6.07) is 23.1. The standard InChI is InChI=1S/C23H16I2N2O3/c24-18-10-16(11-19(25)22(18)29-14-15-6-2-1-3-7-15)13-26-27-23(28)21-12-17-8-4-5-9-20(17)30-21/h1-13H,14H2,(H,27,28)/b26-13+. The number of carbonyl (C=O) groups excluding carboxylic acids is 1. The number of rotatable bonds is 6. The summed E-state index contributed by atoms with van der Waals surface area (Å²) in [5.41, 5.74) is 5.15. The van der Waals surface area contributed by atoms with Gasteiger partial charge in [0.1, 0.15) is 17.9 Å². The molecule has 0 saturated carbocycles. The van der Waals surface area contributed by atoms with Crippen LogP contribution in [0.4, 0.5) is 0 Å². The lowest BCUT2D eigenvalue weighted by Gasteiger charge is -2.11. The Morgan fingerprint density at radius 3 is 2.43 bits per heavy atom. The summed E-state index contributed by atoms with van der Waals surface area (Å²) in [6.45, 7) is 0.508. The average molecular weight is 622 g/mol. The molecule has 150 valence electrons. The third-order valence-electron chi connectivity index (χ3n) is 4.28. The molecule has 30 heavy (non-hydrogen) atoms. The number of carbonyl (C=O) groups is 1. The van der Waals surface area contributed by atoms with E-state index < -0.39 is 5.91 Å². The summed E-state index contributed by atoms with van der Waals surface area (Å²) in [6.07, 6.45) is 1.60. The number of hydrogen-bond donors (Lipinski definition) is 1. The molecular weight excluding hydrogens is 606 g/mol. The zero-order chi connectivity index (χ0) is 20.9. The highest BCUT2D eigenvalue weighted by Gasteiger charge is 2.12. The van der Waals surface area contributed by atoms with E-state index in [4.69, 9.17) is 9.15 Å². The summed E-state index contributed by atoms with van der Waals surface area (Å²) in [5, 5.41) is 4.94. The molecule has 5 nitrogen and oxygen atoms in total. The van der Waals surface area contributed by atoms with Crippen molar-refractivity contribution in [3.05, 3.63) is 96.8 Å². The van der Waals surface area contributed by atoms with Crippen LogP contribution in [0.3, 0.4) is 0 Å². The topological polar surface area (TPSA) is 63.8 Å². The van der Waals surface area contributed by atoms with E-state index in [-0.39, 0.29) is 5.76 Å². The maximum Gasteiger partial charge on any atom is 0.307 e. The molecule has 1 N–H and O–H groups in total. The zero-order valence-electron chi connectivity index (χ0n) is 15.6. The molecule has 0 unspecified atom stereocenters. The van der Waals surface area contributed by atoms with E-state index in [2.05, 4.69) is 55.7 Å². The van der Waals surface area contributed by atoms with Crippen LogP contribution in [0.15, 0.2) is 82.3 Å². The Hall–Kier alpha value is -2.40. The Morgan fingerprint density at radius 1 is 1.00 bits per heavy atom. The molecule has 0 bridgehead atoms. The minimum atomic E-state index is -0.394. The first kappa shape index (κ1) is 20.9. The predicted octanol–water partition coefficient (Wildman–Crippen LogP) is 5.98. The highest BCUT2D eigenvalue weighted by Crippen LogP contribution is 2.29. The van der Waals surface area contributed by atoms with Crippen molar-refractivity contribution in [1.82, 2.24) is 5.43 Å². The summed E-state index contributed by atoms with van der Waals surface area (Å²) >= 11 is 4.49. The van der Waals surface area contributed by atoms with Gasteiger partial charge in [0, 0.05) is 5.39 Å². The van der Waals surface area contributed by atoms with Crippen molar-refractivity contribution < 1.29 is 13.9 Å². The maximum atomic E-state index is 12.3. The fourth-order valence-electron chi connectivity index (χ4n) is 2.84. The lowest BCUT2D eigenvalue weighted by atomic mass is 10.2. The number of ether oxygens (including phenoxy) is 1. The molecule has 4 rings (SSSR count). The highest BCUT2D eigenvalue weighted by molar-refractivity contribution is 14.1. The second kappa shape index (κ2) is 9.61. The van der Waals surface area contributed by atoms with Gasteiger partial charge in [0.25, 0.3) is 0 Å². The Balaban J connectivity index is 1.41. The first-order valence-electron chi connectivity index (χ1n) is 9.08. The SMILES string of the molecule is O=C(N/N=C/c1cc(I)c(OCc2ccccc2)c(I)c1)c1cc2ccccc2o1. The van der Waals surface area contributed by atoms with Gasteiger partial charge in [0.05, 0.1) is 13.4 Å². The van der Waals surface area contributed by atoms with Gasteiger partial charge in [-0.15, -0.1) is 0 Å². The molecule has 0 saturated heterocycles. The van der Waals surface area contributed by atoms with Crippen LogP contribution >= 0.6 is 45.2 Å². The fourth-order valence-corrected chi connectivity index (χ4v) is 4.96. The number of benzene rings is 3. The Kier molecular flexibility index (Phi) is 6.68. The van der Waals surface area contributed by atoms with E-state index in [1.165, 1.54) is 0 Å². The summed E-state index contributed by atoms with van der Waals surface area (Å²) in [5.74, 6) is 0.667. The first-order valence-corrected chi connectivity index (χ1v) is 11.2. The molecule has 1 amide bonds. The third-order valence-corrected chi connectivity index (χ3v) is 5.88. The summed E-state index contributed by atoms with van der Waals surface area (Å²) in [4.78, 5) is 12.3. The minimum absolute atomic E-state index is 0.224. The van der Waals surface area contributed by atoms with Gasteiger partial charge in [-0.3, -0.25) is 4.79 Å². The third kappa shape index (κ3) is 5.01. The molecule has 3 aromatic carbocycles. The fraction of sp³-hybridized carbons (Fsp3) is 0.0435. The highest BCUT2D eigenvalue weighted by atomic mass is 127. The van der Waals surface area contributed by atoms with Gasteiger partial charge in [-0.2, -0.15) is 5.10 Å². The van der Waals surface area contributed by atoms with Crippen LogP contribution in [0.1, 0.15) is 21.7 Å². The molecule has 0 spiro atoms. The number of fused-ring (bicyclic) bond motifs is 1. The number of nitrogens with zero attached hydrogens (tertiary/aromatic N) is 1. The quantitative estimate of drug-likeness (QED) is 0.164. The lowest BCUT2D eigenvalue weighted by Crippen LogP contribution is -2.16. The average Bonchev–Trinajstić information content (AvgIpc) is 3.18. The number of nitrogens with one attached hydrogen (secondary N) is 1. The van der Waals surface area contributed by atoms with Crippen molar-refractivity contribution in [3.8, 4) is 5.75 Å². The number of para-hydroxylation sites is 1. The van der Waals surface area contributed by atoms with E-state index in [1.807, 2.05) is 66.7 Å². The largest absolute Gasteiger partial charge is 0.487 e. The van der Waals surface area contributed by atoms with Gasteiger partial charge in [-0.25, -0.2) is 5.43 Å². The predicted molar refractivity (Wildman–Crippen MR) is 134 cm³/mol. The molecule has 4 aromatic rings. The minimum Gasteiger partial charge on any atom is -0.487 e. The van der Waals surface area contributed by atoms with Crippen LogP contribution in [-0.4, -0.2) is 12.1 Å². The molecule has 1 heterocycles. The zero-order valence-corrected chi connectivity index (χ0v) is 20.0.